The number of anilines is 1. The molecule has 0 saturated carbocycles. The zero-order valence-electron chi connectivity index (χ0n) is 15.8. The van der Waals surface area contributed by atoms with Crippen LogP contribution in [-0.2, 0) is 0 Å². The predicted molar refractivity (Wildman–Crippen MR) is 110 cm³/mol. The highest BCUT2D eigenvalue weighted by molar-refractivity contribution is 7.14. The Morgan fingerprint density at radius 2 is 1.93 bits per heavy atom. The molecule has 0 aliphatic carbocycles. The van der Waals surface area contributed by atoms with Gasteiger partial charge in [0.05, 0.1) is 12.3 Å². The molecule has 2 aromatic heterocycles. The van der Waals surface area contributed by atoms with Gasteiger partial charge in [-0.2, -0.15) is 0 Å². The lowest BCUT2D eigenvalue weighted by Crippen LogP contribution is -2.14. The van der Waals surface area contributed by atoms with Gasteiger partial charge in [0.25, 0.3) is 5.91 Å². The maximum atomic E-state index is 12.4. The first-order valence-corrected chi connectivity index (χ1v) is 9.88. The van der Waals surface area contributed by atoms with Gasteiger partial charge in [-0.25, -0.2) is 9.97 Å². The Bertz CT molecular complexity index is 899. The van der Waals surface area contributed by atoms with Crippen molar-refractivity contribution in [1.29, 1.82) is 0 Å². The van der Waals surface area contributed by atoms with E-state index in [1.54, 1.807) is 6.07 Å². The molecule has 3 rings (SSSR count). The Hall–Kier alpha value is -2.73. The Kier molecular flexibility index (Phi) is 6.19. The first-order chi connectivity index (χ1) is 13.0. The maximum Gasteiger partial charge on any atom is 0.276 e. The van der Waals surface area contributed by atoms with Crippen LogP contribution in [0.3, 0.4) is 0 Å². The second-order valence-electron chi connectivity index (χ2n) is 6.39. The van der Waals surface area contributed by atoms with Crippen LogP contribution < -0.4 is 10.1 Å². The third kappa shape index (κ3) is 5.14. The lowest BCUT2D eigenvalue weighted by molar-refractivity contribution is 0.102. The fraction of sp³-hybridized carbons (Fsp3) is 0.286. The van der Waals surface area contributed by atoms with Crippen molar-refractivity contribution in [1.82, 2.24) is 9.97 Å². The quantitative estimate of drug-likeness (QED) is 0.568. The highest BCUT2D eigenvalue weighted by Crippen LogP contribution is 2.27. The molecule has 5 nitrogen and oxygen atoms in total. The SMILES string of the molecule is CCCCOc1ccc(-c2csc(NC(=O)c3cc(C)cc(C)n3)n2)cc1. The van der Waals surface area contributed by atoms with E-state index in [1.807, 2.05) is 49.6 Å². The normalized spacial score (nSPS) is 10.6. The summed E-state index contributed by atoms with van der Waals surface area (Å²) in [7, 11) is 0. The lowest BCUT2D eigenvalue weighted by atomic mass is 10.2. The van der Waals surface area contributed by atoms with Crippen molar-refractivity contribution in [2.24, 2.45) is 0 Å². The average molecular weight is 382 g/mol. The fourth-order valence-electron chi connectivity index (χ4n) is 2.64. The van der Waals surface area contributed by atoms with Crippen LogP contribution in [0.1, 0.15) is 41.5 Å². The summed E-state index contributed by atoms with van der Waals surface area (Å²) in [4.78, 5) is 21.2. The number of unbranched alkanes of at least 4 members (excludes halogenated alkanes) is 1. The summed E-state index contributed by atoms with van der Waals surface area (Å²) in [5.41, 5.74) is 4.04. The minimum Gasteiger partial charge on any atom is -0.494 e. The van der Waals surface area contributed by atoms with Gasteiger partial charge in [0.2, 0.25) is 0 Å². The lowest BCUT2D eigenvalue weighted by Gasteiger charge is -2.05. The van der Waals surface area contributed by atoms with Crippen LogP contribution in [0.2, 0.25) is 0 Å². The van der Waals surface area contributed by atoms with Crippen molar-refractivity contribution in [3.63, 3.8) is 0 Å². The number of ether oxygens (including phenoxy) is 1. The molecule has 0 spiro atoms. The molecule has 140 valence electrons. The van der Waals surface area contributed by atoms with E-state index in [1.165, 1.54) is 11.3 Å². The number of benzene rings is 1. The van der Waals surface area contributed by atoms with Crippen LogP contribution in [0.15, 0.2) is 41.8 Å². The monoisotopic (exact) mass is 381 g/mol. The van der Waals surface area contributed by atoms with Gasteiger partial charge < -0.3 is 4.74 Å². The van der Waals surface area contributed by atoms with Crippen LogP contribution in [0, 0.1) is 13.8 Å². The number of aryl methyl sites for hydroxylation is 2. The molecule has 0 unspecified atom stereocenters. The minimum atomic E-state index is -0.248. The van der Waals surface area contributed by atoms with Crippen molar-refractivity contribution in [3.05, 3.63) is 58.7 Å². The standard InChI is InChI=1S/C21H23N3O2S/c1-4-5-10-26-17-8-6-16(7-9-17)19-13-27-21(23-19)24-20(25)18-12-14(2)11-15(3)22-18/h6-9,11-13H,4-5,10H2,1-3H3,(H,23,24,25). The summed E-state index contributed by atoms with van der Waals surface area (Å²) in [5.74, 6) is 0.610. The fourth-order valence-corrected chi connectivity index (χ4v) is 3.35. The minimum absolute atomic E-state index is 0.248. The topological polar surface area (TPSA) is 64.1 Å². The Morgan fingerprint density at radius 3 is 2.63 bits per heavy atom. The smallest absolute Gasteiger partial charge is 0.276 e. The summed E-state index contributed by atoms with van der Waals surface area (Å²) in [6.45, 7) is 6.69. The van der Waals surface area contributed by atoms with E-state index in [-0.39, 0.29) is 5.91 Å². The highest BCUT2D eigenvalue weighted by Gasteiger charge is 2.12. The van der Waals surface area contributed by atoms with Gasteiger partial charge in [0.15, 0.2) is 5.13 Å². The third-order valence-corrected chi connectivity index (χ3v) is 4.73. The molecule has 2 heterocycles. The van der Waals surface area contributed by atoms with E-state index in [9.17, 15) is 4.79 Å². The van der Waals surface area contributed by atoms with Gasteiger partial charge in [-0.15, -0.1) is 11.3 Å². The van der Waals surface area contributed by atoms with E-state index in [2.05, 4.69) is 22.2 Å². The summed E-state index contributed by atoms with van der Waals surface area (Å²) in [6.07, 6.45) is 2.16. The Balaban J connectivity index is 1.66. The second-order valence-corrected chi connectivity index (χ2v) is 7.25. The largest absolute Gasteiger partial charge is 0.494 e. The van der Waals surface area contributed by atoms with Gasteiger partial charge in [0, 0.05) is 16.6 Å². The van der Waals surface area contributed by atoms with Crippen LogP contribution in [0.25, 0.3) is 11.3 Å². The molecule has 27 heavy (non-hydrogen) atoms. The average Bonchev–Trinajstić information content (AvgIpc) is 3.10. The number of rotatable bonds is 7. The summed E-state index contributed by atoms with van der Waals surface area (Å²) < 4.78 is 5.68. The molecule has 0 saturated heterocycles. The number of pyridine rings is 1. The molecule has 0 atom stereocenters. The van der Waals surface area contributed by atoms with E-state index in [4.69, 9.17) is 4.74 Å². The Morgan fingerprint density at radius 1 is 1.15 bits per heavy atom. The highest BCUT2D eigenvalue weighted by atomic mass is 32.1. The molecule has 0 fully saturated rings. The van der Waals surface area contributed by atoms with E-state index in [0.717, 1.165) is 47.7 Å². The van der Waals surface area contributed by atoms with Crippen LogP contribution >= 0.6 is 11.3 Å². The molecule has 3 aromatic rings. The number of nitrogens with zero attached hydrogens (tertiary/aromatic N) is 2. The second kappa shape index (κ2) is 8.77. The molecule has 1 aromatic carbocycles. The molecule has 0 radical (unpaired) electrons. The summed E-state index contributed by atoms with van der Waals surface area (Å²) in [5, 5.41) is 5.31. The van der Waals surface area contributed by atoms with E-state index in [0.29, 0.717) is 10.8 Å². The van der Waals surface area contributed by atoms with Crippen molar-refractivity contribution in [3.8, 4) is 17.0 Å². The first kappa shape index (κ1) is 19.0. The number of hydrogen-bond donors (Lipinski definition) is 1. The number of carbonyl (C=O) groups excluding carboxylic acids is 1. The zero-order valence-corrected chi connectivity index (χ0v) is 16.6. The number of carbonyl (C=O) groups is 1. The van der Waals surface area contributed by atoms with Crippen LogP contribution in [0.5, 0.6) is 5.75 Å². The molecule has 0 bridgehead atoms. The molecule has 6 heteroatoms. The van der Waals surface area contributed by atoms with E-state index < -0.39 is 0 Å². The number of hydrogen-bond acceptors (Lipinski definition) is 5. The van der Waals surface area contributed by atoms with Crippen molar-refractivity contribution < 1.29 is 9.53 Å². The number of aromatic nitrogens is 2. The molecule has 0 aliphatic rings. The molecule has 0 aliphatic heterocycles. The summed E-state index contributed by atoms with van der Waals surface area (Å²) in [6, 6.07) is 11.6. The van der Waals surface area contributed by atoms with E-state index >= 15 is 0 Å². The molecular formula is C21H23N3O2S. The number of nitrogens with one attached hydrogen (secondary N) is 1. The van der Waals surface area contributed by atoms with Crippen molar-refractivity contribution >= 4 is 22.4 Å². The van der Waals surface area contributed by atoms with Gasteiger partial charge in [0.1, 0.15) is 11.4 Å². The third-order valence-electron chi connectivity index (χ3n) is 3.97. The van der Waals surface area contributed by atoms with Crippen molar-refractivity contribution in [2.45, 2.75) is 33.6 Å². The van der Waals surface area contributed by atoms with Crippen LogP contribution in [-0.4, -0.2) is 22.5 Å². The van der Waals surface area contributed by atoms with Gasteiger partial charge >= 0.3 is 0 Å². The molecule has 1 amide bonds. The van der Waals surface area contributed by atoms with Crippen molar-refractivity contribution in [2.75, 3.05) is 11.9 Å². The zero-order chi connectivity index (χ0) is 19.2. The summed E-state index contributed by atoms with van der Waals surface area (Å²) >= 11 is 1.39. The predicted octanol–water partition coefficient (Wildman–Crippen LogP) is 5.25. The van der Waals surface area contributed by atoms with Gasteiger partial charge in [-0.3, -0.25) is 10.1 Å². The Labute approximate surface area is 163 Å². The molecular weight excluding hydrogens is 358 g/mol. The molecule has 1 N–H and O–H groups in total. The van der Waals surface area contributed by atoms with Crippen LogP contribution in [0.4, 0.5) is 5.13 Å². The number of thiazole rings is 1. The first-order valence-electron chi connectivity index (χ1n) is 9.00. The number of amides is 1. The van der Waals surface area contributed by atoms with Gasteiger partial charge in [-0.05, 0) is 62.2 Å². The van der Waals surface area contributed by atoms with Gasteiger partial charge in [-0.1, -0.05) is 13.3 Å². The maximum absolute atomic E-state index is 12.4.